The molecule has 1 nitrogen and oxygen atoms in total. The van der Waals surface area contributed by atoms with Gasteiger partial charge in [-0.1, -0.05) is 0 Å². The Morgan fingerprint density at radius 1 is 1.60 bits per heavy atom. The van der Waals surface area contributed by atoms with E-state index in [1.165, 1.54) is 0 Å². The predicted molar refractivity (Wildman–Crippen MR) is 25.2 cm³/mol. The molecule has 0 aromatic rings. The zero-order valence-electron chi connectivity index (χ0n) is 3.27. The molecule has 0 aromatic carbocycles. The van der Waals surface area contributed by atoms with Crippen LogP contribution in [-0.4, -0.2) is 36.1 Å². The summed E-state index contributed by atoms with van der Waals surface area (Å²) in [5.74, 6) is 0. The van der Waals surface area contributed by atoms with Gasteiger partial charge >= 0.3 is 24.4 Å². The zero-order chi connectivity index (χ0) is 2.71. The Hall–Kier alpha value is 0.708. The molecule has 0 radical (unpaired) electrons. The Labute approximate surface area is 48.2 Å². The zero-order valence-corrected chi connectivity index (χ0v) is 7.31. The van der Waals surface area contributed by atoms with Crippen LogP contribution in [0.2, 0.25) is 0 Å². The Balaban J connectivity index is -0.0000000200. The molecule has 0 aliphatic rings. The van der Waals surface area contributed by atoms with Crippen LogP contribution in [-0.2, 0) is 0 Å². The molecular weight excluding hydrogens is 181 g/mol. The van der Waals surface area contributed by atoms with Crippen molar-refractivity contribution in [3.63, 3.8) is 0 Å². The van der Waals surface area contributed by atoms with Crippen LogP contribution in [0.4, 0.5) is 4.70 Å². The summed E-state index contributed by atoms with van der Waals surface area (Å²) < 4.78 is 0. The molecule has 1 N–H and O–H groups in total. The maximum atomic E-state index is 7.57. The van der Waals surface area contributed by atoms with E-state index in [2.05, 4.69) is 0 Å². The van der Waals surface area contributed by atoms with Crippen molar-refractivity contribution < 1.29 is 9.81 Å². The minimum absolute atomic E-state index is 0. The van der Waals surface area contributed by atoms with Crippen molar-refractivity contribution in [1.82, 2.24) is 0 Å². The molecule has 0 unspecified atom stereocenters. The summed E-state index contributed by atoms with van der Waals surface area (Å²) in [6.07, 6.45) is 0. The average Bonchev–Trinajstić information content (AvgIpc) is 0.918. The number of hydrogen-bond acceptors (Lipinski definition) is 1. The summed E-state index contributed by atoms with van der Waals surface area (Å²) in [5.41, 5.74) is 0. The number of hydrogen-bond donors (Lipinski definition) is 1. The third-order valence-corrected chi connectivity index (χ3v) is 0. The van der Waals surface area contributed by atoms with E-state index in [-0.39, 0.29) is 35.7 Å². The first-order chi connectivity index (χ1) is 1.41. The number of aliphatic hydroxyl groups is 1. The third-order valence-electron chi connectivity index (χ3n) is 0. The van der Waals surface area contributed by atoms with Crippen LogP contribution in [0.15, 0.2) is 0 Å². The molecule has 0 amide bonds. The van der Waals surface area contributed by atoms with Crippen molar-refractivity contribution in [2.75, 3.05) is 6.61 Å². The van der Waals surface area contributed by atoms with Gasteiger partial charge in [0.1, 0.15) is 0 Å². The summed E-state index contributed by atoms with van der Waals surface area (Å²) in [6.45, 7) is 1.93. The molecule has 5 heavy (non-hydrogen) atoms. The van der Waals surface area contributed by atoms with Crippen molar-refractivity contribution in [3.05, 3.63) is 0 Å². The van der Waals surface area contributed by atoms with Gasteiger partial charge in [0, 0.05) is 6.61 Å². The molecule has 0 bridgehead atoms. The predicted octanol–water partition coefficient (Wildman–Crippen LogP) is -1.03. The van der Waals surface area contributed by atoms with Crippen LogP contribution in [0.3, 0.4) is 0 Å². The SMILES string of the molecule is CCO.F.[SbH3]. The fourth-order valence-corrected chi connectivity index (χ4v) is 0. The van der Waals surface area contributed by atoms with E-state index in [0.717, 1.165) is 0 Å². The van der Waals surface area contributed by atoms with E-state index < -0.39 is 0 Å². The minimum atomic E-state index is 0. The first-order valence-electron chi connectivity index (χ1n) is 1.02. The van der Waals surface area contributed by atoms with Crippen molar-refractivity contribution in [1.29, 1.82) is 0 Å². The molecule has 0 aliphatic heterocycles. The molecule has 0 aliphatic carbocycles. The summed E-state index contributed by atoms with van der Waals surface area (Å²) in [6, 6.07) is 0. The second-order valence-electron chi connectivity index (χ2n) is 0.316. The van der Waals surface area contributed by atoms with Crippen molar-refractivity contribution in [2.24, 2.45) is 0 Å². The first kappa shape index (κ1) is 17.3. The van der Waals surface area contributed by atoms with Gasteiger partial charge in [0.2, 0.25) is 0 Å². The van der Waals surface area contributed by atoms with Crippen LogP contribution in [0.1, 0.15) is 6.92 Å². The number of halogens is 1. The van der Waals surface area contributed by atoms with Gasteiger partial charge in [-0.3, -0.25) is 4.70 Å². The topological polar surface area (TPSA) is 20.2 Å². The molecule has 0 fully saturated rings. The van der Waals surface area contributed by atoms with Gasteiger partial charge in [0.25, 0.3) is 0 Å². The molecule has 0 spiro atoms. The monoisotopic (exact) mass is 190 g/mol. The Morgan fingerprint density at radius 3 is 1.60 bits per heavy atom. The van der Waals surface area contributed by atoms with Crippen LogP contribution in [0.25, 0.3) is 0 Å². The molecule has 0 rings (SSSR count). The van der Waals surface area contributed by atoms with Crippen LogP contribution in [0, 0.1) is 0 Å². The molecule has 0 aromatic heterocycles. The van der Waals surface area contributed by atoms with Gasteiger partial charge in [-0.2, -0.15) is 0 Å². The quantitative estimate of drug-likeness (QED) is 0.485. The number of rotatable bonds is 0. The Bertz CT molecular complexity index is 9.61. The molecule has 0 saturated carbocycles. The van der Waals surface area contributed by atoms with Crippen LogP contribution < -0.4 is 0 Å². The van der Waals surface area contributed by atoms with Crippen molar-refractivity contribution >= 4 is 24.4 Å². The number of aliphatic hydroxyl groups excluding tert-OH is 1. The van der Waals surface area contributed by atoms with Gasteiger partial charge in [-0.05, 0) is 6.92 Å². The second kappa shape index (κ2) is 22.2. The summed E-state index contributed by atoms with van der Waals surface area (Å²) >= 11 is 0. The van der Waals surface area contributed by atoms with E-state index in [1.807, 2.05) is 0 Å². The summed E-state index contributed by atoms with van der Waals surface area (Å²) in [4.78, 5) is 0. The average molecular weight is 191 g/mol. The van der Waals surface area contributed by atoms with Gasteiger partial charge < -0.3 is 5.11 Å². The summed E-state index contributed by atoms with van der Waals surface area (Å²) in [5, 5.41) is 7.57. The Morgan fingerprint density at radius 2 is 1.60 bits per heavy atom. The standard InChI is InChI=1S/C2H6O.FH.Sb.3H/c1-2-3;;;;;/h3H,2H2,1H3;1H;;;;. The van der Waals surface area contributed by atoms with E-state index >= 15 is 0 Å². The van der Waals surface area contributed by atoms with Gasteiger partial charge in [-0.15, -0.1) is 0 Å². The molecular formula is C2H10FOSb. The normalized spacial score (nSPS) is 3.60. The van der Waals surface area contributed by atoms with E-state index in [4.69, 9.17) is 5.11 Å². The van der Waals surface area contributed by atoms with E-state index in [1.54, 1.807) is 6.92 Å². The van der Waals surface area contributed by atoms with E-state index in [9.17, 15) is 0 Å². The Kier molecular flexibility index (Phi) is 76.6. The summed E-state index contributed by atoms with van der Waals surface area (Å²) in [7, 11) is 0. The van der Waals surface area contributed by atoms with Crippen molar-refractivity contribution in [2.45, 2.75) is 6.92 Å². The third kappa shape index (κ3) is 68.9. The van der Waals surface area contributed by atoms with Gasteiger partial charge in [0.15, 0.2) is 0 Å². The molecule has 36 valence electrons. The second-order valence-corrected chi connectivity index (χ2v) is 0.316. The van der Waals surface area contributed by atoms with Crippen LogP contribution >= 0.6 is 0 Å². The maximum absolute atomic E-state index is 7.57. The van der Waals surface area contributed by atoms with Gasteiger partial charge in [-0.25, -0.2) is 0 Å². The van der Waals surface area contributed by atoms with Crippen molar-refractivity contribution in [3.8, 4) is 0 Å². The van der Waals surface area contributed by atoms with Crippen LogP contribution in [0.5, 0.6) is 0 Å². The fourth-order valence-electron chi connectivity index (χ4n) is 0. The molecule has 0 heterocycles. The molecule has 0 atom stereocenters. The van der Waals surface area contributed by atoms with Gasteiger partial charge in [0.05, 0.1) is 0 Å². The fraction of sp³-hybridized carbons (Fsp3) is 1.00. The first-order valence-corrected chi connectivity index (χ1v) is 1.02. The molecule has 0 saturated heterocycles. The molecule has 3 heteroatoms. The van der Waals surface area contributed by atoms with E-state index in [0.29, 0.717) is 0 Å².